The molecule has 2 aromatic rings. The zero-order valence-electron chi connectivity index (χ0n) is 8.99. The molecule has 0 aliphatic heterocycles. The maximum absolute atomic E-state index is 10.9. The van der Waals surface area contributed by atoms with Crippen LogP contribution >= 0.6 is 0 Å². The molecule has 0 aliphatic carbocycles. The van der Waals surface area contributed by atoms with Crippen LogP contribution in [-0.4, -0.2) is 31.1 Å². The third-order valence-corrected chi connectivity index (χ3v) is 2.31. The van der Waals surface area contributed by atoms with Crippen molar-refractivity contribution in [2.24, 2.45) is 0 Å². The van der Waals surface area contributed by atoms with Gasteiger partial charge in [0.05, 0.1) is 11.9 Å². The number of anilines is 1. The molecule has 1 atom stereocenters. The molecule has 0 amide bonds. The van der Waals surface area contributed by atoms with Crippen LogP contribution in [0.2, 0.25) is 0 Å². The Labute approximate surface area is 95.9 Å². The van der Waals surface area contributed by atoms with Crippen molar-refractivity contribution in [3.8, 4) is 0 Å². The van der Waals surface area contributed by atoms with Gasteiger partial charge in [-0.05, 0) is 6.42 Å². The number of fused-ring (bicyclic) bond motifs is 1. The van der Waals surface area contributed by atoms with E-state index in [2.05, 4.69) is 25.1 Å². The summed E-state index contributed by atoms with van der Waals surface area (Å²) in [4.78, 5) is 22.5. The molecule has 0 radical (unpaired) electrons. The van der Waals surface area contributed by atoms with Crippen LogP contribution < -0.4 is 10.8 Å². The lowest BCUT2D eigenvalue weighted by Gasteiger charge is -2.13. The van der Waals surface area contributed by atoms with Crippen LogP contribution in [-0.2, 0) is 4.79 Å². The molecule has 2 aromatic heterocycles. The minimum absolute atomic E-state index is 0.0569. The molecule has 2 N–H and O–H groups in total. The normalized spacial score (nSPS) is 12.5. The van der Waals surface area contributed by atoms with Crippen LogP contribution in [0.1, 0.15) is 25.1 Å². The van der Waals surface area contributed by atoms with E-state index in [1.54, 1.807) is 6.92 Å². The van der Waals surface area contributed by atoms with Gasteiger partial charge in [-0.25, -0.2) is 15.0 Å². The largest absolute Gasteiger partial charge is 0.549 e. The number of carbonyl (C=O) groups excluding carboxylic acids is 1. The van der Waals surface area contributed by atoms with Gasteiger partial charge in [0.15, 0.2) is 17.2 Å². The monoisotopic (exact) mass is 233 g/mol. The number of nitrogens with zero attached hydrogens (tertiary/aromatic N) is 5. The second kappa shape index (κ2) is 4.24. The highest BCUT2D eigenvalue weighted by Crippen LogP contribution is 2.17. The molecule has 0 aliphatic rings. The van der Waals surface area contributed by atoms with Crippen molar-refractivity contribution in [1.82, 2.24) is 25.1 Å². The van der Waals surface area contributed by atoms with E-state index < -0.39 is 11.9 Å². The van der Waals surface area contributed by atoms with Crippen molar-refractivity contribution in [3.63, 3.8) is 0 Å². The number of hydrogen-bond donors (Lipinski definition) is 1. The summed E-state index contributed by atoms with van der Waals surface area (Å²) in [6.45, 7) is 1.69. The predicted octanol–water partition coefficient (Wildman–Crippen LogP) is -1.36. The first kappa shape index (κ1) is 11.1. The smallest absolute Gasteiger partial charge is 0.205 e. The molecule has 0 spiro atoms. The zero-order valence-corrected chi connectivity index (χ0v) is 8.99. The summed E-state index contributed by atoms with van der Waals surface area (Å²) in [5, 5.41) is 18.3. The first-order valence-corrected chi connectivity index (χ1v) is 4.95. The third kappa shape index (κ3) is 1.96. The van der Waals surface area contributed by atoms with Crippen LogP contribution in [0.4, 0.5) is 5.82 Å². The number of nitrogens with two attached hydrogens (primary N) is 1. The molecule has 17 heavy (non-hydrogen) atoms. The Balaban J connectivity index is 2.57. The number of aromatic nitrogens is 5. The van der Waals surface area contributed by atoms with Crippen LogP contribution in [0.15, 0.2) is 6.33 Å². The van der Waals surface area contributed by atoms with Gasteiger partial charge < -0.3 is 15.6 Å². The van der Waals surface area contributed by atoms with E-state index >= 15 is 0 Å². The number of aliphatic carboxylic acids is 1. The van der Waals surface area contributed by atoms with Crippen LogP contribution in [0.3, 0.4) is 0 Å². The molecule has 1 unspecified atom stereocenters. The summed E-state index contributed by atoms with van der Waals surface area (Å²) in [5.41, 5.74) is 6.08. The second-order valence-corrected chi connectivity index (χ2v) is 3.38. The van der Waals surface area contributed by atoms with Crippen molar-refractivity contribution < 1.29 is 9.90 Å². The van der Waals surface area contributed by atoms with Crippen molar-refractivity contribution >= 4 is 23.0 Å². The Morgan fingerprint density at radius 3 is 2.88 bits per heavy atom. The molecule has 8 nitrogen and oxygen atoms in total. The molecule has 2 rings (SSSR count). The topological polar surface area (TPSA) is 131 Å². The van der Waals surface area contributed by atoms with E-state index in [0.29, 0.717) is 6.42 Å². The fraction of sp³-hybridized carbons (Fsp3) is 0.333. The highest BCUT2D eigenvalue weighted by molar-refractivity contribution is 5.80. The maximum atomic E-state index is 10.9. The summed E-state index contributed by atoms with van der Waals surface area (Å²) < 4.78 is 0. The lowest BCUT2D eigenvalue weighted by molar-refractivity contribution is -0.308. The van der Waals surface area contributed by atoms with Gasteiger partial charge in [0, 0.05) is 0 Å². The molecule has 0 saturated heterocycles. The lowest BCUT2D eigenvalue weighted by Crippen LogP contribution is -2.30. The number of rotatable bonds is 3. The average Bonchev–Trinajstić information content (AvgIpc) is 2.30. The van der Waals surface area contributed by atoms with Crippen LogP contribution in [0.5, 0.6) is 0 Å². The van der Waals surface area contributed by atoms with Gasteiger partial charge in [-0.2, -0.15) is 0 Å². The molecule has 0 saturated carbocycles. The van der Waals surface area contributed by atoms with Gasteiger partial charge in [0.2, 0.25) is 5.65 Å². The molecule has 0 aromatic carbocycles. The predicted molar refractivity (Wildman–Crippen MR) is 55.4 cm³/mol. The highest BCUT2D eigenvalue weighted by atomic mass is 16.4. The molecule has 2 heterocycles. The quantitative estimate of drug-likeness (QED) is 0.687. The molecule has 0 bridgehead atoms. The zero-order chi connectivity index (χ0) is 12.4. The van der Waals surface area contributed by atoms with Crippen molar-refractivity contribution in [2.75, 3.05) is 5.73 Å². The van der Waals surface area contributed by atoms with E-state index in [4.69, 9.17) is 5.73 Å². The molecule has 8 heteroatoms. The minimum Gasteiger partial charge on any atom is -0.549 e. The summed E-state index contributed by atoms with van der Waals surface area (Å²) in [6.07, 6.45) is 1.55. The summed E-state index contributed by atoms with van der Waals surface area (Å²) in [6, 6.07) is 0. The fourth-order valence-corrected chi connectivity index (χ4v) is 1.40. The lowest BCUT2D eigenvalue weighted by atomic mass is 10.1. The van der Waals surface area contributed by atoms with E-state index in [1.807, 2.05) is 0 Å². The fourth-order valence-electron chi connectivity index (χ4n) is 1.40. The summed E-state index contributed by atoms with van der Waals surface area (Å²) >= 11 is 0. The molecular formula is C9H9N6O2-. The number of hydrogen-bond acceptors (Lipinski definition) is 8. The van der Waals surface area contributed by atoms with Crippen molar-refractivity contribution in [1.29, 1.82) is 0 Å². The highest BCUT2D eigenvalue weighted by Gasteiger charge is 2.16. The van der Waals surface area contributed by atoms with Crippen molar-refractivity contribution in [3.05, 3.63) is 12.2 Å². The van der Waals surface area contributed by atoms with Crippen LogP contribution in [0.25, 0.3) is 11.2 Å². The van der Waals surface area contributed by atoms with Gasteiger partial charge in [-0.3, -0.25) is 0 Å². The SMILES string of the molecule is CCC(C(=O)[O-])c1nnc2ncnc(N)c2n1. The first-order chi connectivity index (χ1) is 8.13. The Hall–Kier alpha value is -2.38. The Morgan fingerprint density at radius 1 is 1.47 bits per heavy atom. The average molecular weight is 233 g/mol. The van der Waals surface area contributed by atoms with Crippen molar-refractivity contribution in [2.45, 2.75) is 19.3 Å². The summed E-state index contributed by atoms with van der Waals surface area (Å²) in [7, 11) is 0. The number of carboxylic acid groups (broad SMARTS) is 1. The number of nitrogen functional groups attached to an aromatic ring is 1. The van der Waals surface area contributed by atoms with Crippen LogP contribution in [0, 0.1) is 0 Å². The van der Waals surface area contributed by atoms with E-state index in [1.165, 1.54) is 6.33 Å². The summed E-state index contributed by atoms with van der Waals surface area (Å²) in [5.74, 6) is -1.96. The standard InChI is InChI=1S/C9H10N6O2/c1-2-4(9(16)17)7-13-5-6(10)11-3-12-8(5)15-14-7/h3-4H,2H2,1H3,(H,16,17)(H2,10,11,12,15)/p-1. The van der Waals surface area contributed by atoms with Gasteiger partial charge in [-0.1, -0.05) is 6.92 Å². The molecule has 0 fully saturated rings. The van der Waals surface area contributed by atoms with E-state index in [-0.39, 0.29) is 22.8 Å². The Bertz CT molecular complexity index is 572. The van der Waals surface area contributed by atoms with Gasteiger partial charge in [0.1, 0.15) is 6.33 Å². The third-order valence-electron chi connectivity index (χ3n) is 2.31. The Kier molecular flexibility index (Phi) is 2.77. The van der Waals surface area contributed by atoms with E-state index in [9.17, 15) is 9.90 Å². The number of carboxylic acids is 1. The van der Waals surface area contributed by atoms with Gasteiger partial charge >= 0.3 is 0 Å². The number of carbonyl (C=O) groups is 1. The Morgan fingerprint density at radius 2 is 2.24 bits per heavy atom. The minimum atomic E-state index is -1.25. The van der Waals surface area contributed by atoms with Gasteiger partial charge in [-0.15, -0.1) is 10.2 Å². The van der Waals surface area contributed by atoms with Gasteiger partial charge in [0.25, 0.3) is 0 Å². The first-order valence-electron chi connectivity index (χ1n) is 4.95. The van der Waals surface area contributed by atoms with E-state index in [0.717, 1.165) is 0 Å². The second-order valence-electron chi connectivity index (χ2n) is 3.38. The molecular weight excluding hydrogens is 224 g/mol. The maximum Gasteiger partial charge on any atom is 0.205 e. The molecule has 88 valence electrons.